The molecule has 1 amide bonds. The lowest BCUT2D eigenvalue weighted by molar-refractivity contribution is -0.145. The van der Waals surface area contributed by atoms with Gasteiger partial charge in [0.05, 0.1) is 18.8 Å². The van der Waals surface area contributed by atoms with E-state index in [2.05, 4.69) is 5.32 Å². The Morgan fingerprint density at radius 3 is 2.84 bits per heavy atom. The average molecular weight is 341 g/mol. The van der Waals surface area contributed by atoms with Gasteiger partial charge in [-0.05, 0) is 36.5 Å². The first-order valence-corrected chi connectivity index (χ1v) is 8.56. The Labute approximate surface area is 145 Å². The molecule has 2 heterocycles. The zero-order valence-corrected chi connectivity index (χ0v) is 13.7. The molecule has 0 saturated carbocycles. The highest BCUT2D eigenvalue weighted by Gasteiger charge is 2.57. The Hall–Kier alpha value is -2.24. The van der Waals surface area contributed by atoms with E-state index in [4.69, 9.17) is 4.74 Å². The molecule has 25 heavy (non-hydrogen) atoms. The lowest BCUT2D eigenvalue weighted by Gasteiger charge is -2.28. The molecule has 4 rings (SSSR count). The van der Waals surface area contributed by atoms with Crippen LogP contribution in [0.1, 0.15) is 35.6 Å². The van der Waals surface area contributed by atoms with Crippen LogP contribution >= 0.6 is 0 Å². The van der Waals surface area contributed by atoms with Crippen LogP contribution in [0.2, 0.25) is 0 Å². The van der Waals surface area contributed by atoms with Crippen molar-refractivity contribution in [2.45, 2.75) is 37.0 Å². The van der Waals surface area contributed by atoms with Gasteiger partial charge >= 0.3 is 0 Å². The highest BCUT2D eigenvalue weighted by atomic mass is 19.1. The number of aliphatic hydroxyl groups is 1. The number of amides is 1. The number of carbonyl (C=O) groups is 1. The fourth-order valence-corrected chi connectivity index (χ4v) is 3.98. The SMILES string of the molecule is O=C(N[C@H](CO)Cc1ccccc1)[C@]12CC[C@H](O1)c1cccc(F)c12. The summed E-state index contributed by atoms with van der Waals surface area (Å²) in [7, 11) is 0. The lowest BCUT2D eigenvalue weighted by Crippen LogP contribution is -2.49. The summed E-state index contributed by atoms with van der Waals surface area (Å²) < 4.78 is 20.3. The molecule has 2 aliphatic rings. The molecule has 0 aromatic heterocycles. The molecule has 0 spiro atoms. The third kappa shape index (κ3) is 2.64. The number of halogens is 1. The van der Waals surface area contributed by atoms with Crippen molar-refractivity contribution < 1.29 is 19.0 Å². The lowest BCUT2D eigenvalue weighted by atomic mass is 9.81. The van der Waals surface area contributed by atoms with Gasteiger partial charge in [0.15, 0.2) is 5.60 Å². The summed E-state index contributed by atoms with van der Waals surface area (Å²) in [5.41, 5.74) is 0.878. The Morgan fingerprint density at radius 1 is 1.28 bits per heavy atom. The molecule has 5 heteroatoms. The van der Waals surface area contributed by atoms with Crippen molar-refractivity contribution in [3.63, 3.8) is 0 Å². The van der Waals surface area contributed by atoms with Crippen LogP contribution in [-0.4, -0.2) is 23.7 Å². The van der Waals surface area contributed by atoms with Crippen LogP contribution in [0.25, 0.3) is 0 Å². The van der Waals surface area contributed by atoms with E-state index in [1.807, 2.05) is 36.4 Å². The minimum Gasteiger partial charge on any atom is -0.394 e. The maximum Gasteiger partial charge on any atom is 0.257 e. The molecule has 0 aliphatic carbocycles. The first kappa shape index (κ1) is 16.2. The molecule has 3 atom stereocenters. The molecule has 1 saturated heterocycles. The molecule has 2 aromatic rings. The fourth-order valence-electron chi connectivity index (χ4n) is 3.98. The van der Waals surface area contributed by atoms with Crippen LogP contribution in [0.15, 0.2) is 48.5 Å². The second kappa shape index (κ2) is 6.24. The minimum atomic E-state index is -1.27. The Kier molecular flexibility index (Phi) is 4.06. The van der Waals surface area contributed by atoms with Gasteiger partial charge in [0.25, 0.3) is 5.91 Å². The maximum absolute atomic E-state index is 14.4. The molecule has 1 fully saturated rings. The zero-order chi connectivity index (χ0) is 17.4. The maximum atomic E-state index is 14.4. The van der Waals surface area contributed by atoms with Crippen LogP contribution in [0.5, 0.6) is 0 Å². The summed E-state index contributed by atoms with van der Waals surface area (Å²) in [4.78, 5) is 13.0. The number of benzene rings is 2. The monoisotopic (exact) mass is 341 g/mol. The summed E-state index contributed by atoms with van der Waals surface area (Å²) in [6, 6.07) is 14.0. The molecule has 130 valence electrons. The molecule has 2 bridgehead atoms. The van der Waals surface area contributed by atoms with Crippen molar-refractivity contribution in [2.75, 3.05) is 6.61 Å². The van der Waals surface area contributed by atoms with Crippen LogP contribution < -0.4 is 5.32 Å². The van der Waals surface area contributed by atoms with Gasteiger partial charge < -0.3 is 15.2 Å². The number of fused-ring (bicyclic) bond motifs is 5. The van der Waals surface area contributed by atoms with E-state index in [0.29, 0.717) is 24.8 Å². The van der Waals surface area contributed by atoms with Crippen molar-refractivity contribution in [1.82, 2.24) is 5.32 Å². The minimum absolute atomic E-state index is 0.190. The van der Waals surface area contributed by atoms with Gasteiger partial charge in [-0.3, -0.25) is 4.79 Å². The van der Waals surface area contributed by atoms with Gasteiger partial charge in [-0.15, -0.1) is 0 Å². The number of carbonyl (C=O) groups excluding carboxylic acids is 1. The number of hydrogen-bond donors (Lipinski definition) is 2. The van der Waals surface area contributed by atoms with E-state index < -0.39 is 17.5 Å². The molecular formula is C20H20FNO3. The number of aliphatic hydroxyl groups excluding tert-OH is 1. The molecule has 4 nitrogen and oxygen atoms in total. The predicted molar refractivity (Wildman–Crippen MR) is 90.3 cm³/mol. The van der Waals surface area contributed by atoms with Crippen LogP contribution in [0.4, 0.5) is 4.39 Å². The van der Waals surface area contributed by atoms with Crippen molar-refractivity contribution in [2.24, 2.45) is 0 Å². The Morgan fingerprint density at radius 2 is 2.08 bits per heavy atom. The first-order valence-electron chi connectivity index (χ1n) is 8.56. The summed E-state index contributed by atoms with van der Waals surface area (Å²) in [5.74, 6) is -0.771. The predicted octanol–water partition coefficient (Wildman–Crippen LogP) is 2.61. The number of nitrogens with one attached hydrogen (secondary N) is 1. The van der Waals surface area contributed by atoms with Gasteiger partial charge in [-0.1, -0.05) is 42.5 Å². The van der Waals surface area contributed by atoms with Crippen molar-refractivity contribution in [3.8, 4) is 0 Å². The number of rotatable bonds is 5. The molecule has 2 aliphatic heterocycles. The van der Waals surface area contributed by atoms with Gasteiger partial charge in [0.2, 0.25) is 0 Å². The van der Waals surface area contributed by atoms with Crippen LogP contribution in [0.3, 0.4) is 0 Å². The summed E-state index contributed by atoms with van der Waals surface area (Å²) >= 11 is 0. The third-order valence-electron chi connectivity index (χ3n) is 5.15. The van der Waals surface area contributed by atoms with Gasteiger partial charge in [0, 0.05) is 5.56 Å². The van der Waals surface area contributed by atoms with Crippen molar-refractivity contribution >= 4 is 5.91 Å². The Bertz CT molecular complexity index is 795. The largest absolute Gasteiger partial charge is 0.394 e. The van der Waals surface area contributed by atoms with E-state index in [9.17, 15) is 14.3 Å². The number of ether oxygens (including phenoxy) is 1. The molecule has 2 N–H and O–H groups in total. The van der Waals surface area contributed by atoms with E-state index in [1.165, 1.54) is 6.07 Å². The number of hydrogen-bond acceptors (Lipinski definition) is 3. The fraction of sp³-hybridized carbons (Fsp3) is 0.350. The molecule has 2 aromatic carbocycles. The van der Waals surface area contributed by atoms with Crippen LogP contribution in [0, 0.1) is 5.82 Å². The van der Waals surface area contributed by atoms with E-state index in [-0.39, 0.29) is 18.6 Å². The van der Waals surface area contributed by atoms with Gasteiger partial charge in [0.1, 0.15) is 5.82 Å². The smallest absolute Gasteiger partial charge is 0.257 e. The van der Waals surface area contributed by atoms with E-state index in [0.717, 1.165) is 11.1 Å². The van der Waals surface area contributed by atoms with Crippen LogP contribution in [-0.2, 0) is 21.6 Å². The molecule has 0 unspecified atom stereocenters. The Balaban J connectivity index is 1.57. The van der Waals surface area contributed by atoms with Crippen molar-refractivity contribution in [1.29, 1.82) is 0 Å². The van der Waals surface area contributed by atoms with E-state index >= 15 is 0 Å². The zero-order valence-electron chi connectivity index (χ0n) is 13.7. The van der Waals surface area contributed by atoms with Crippen molar-refractivity contribution in [3.05, 3.63) is 71.0 Å². The van der Waals surface area contributed by atoms with Gasteiger partial charge in [-0.2, -0.15) is 0 Å². The second-order valence-electron chi connectivity index (χ2n) is 6.72. The first-order chi connectivity index (χ1) is 12.1. The topological polar surface area (TPSA) is 58.6 Å². The quantitative estimate of drug-likeness (QED) is 0.879. The summed E-state index contributed by atoms with van der Waals surface area (Å²) in [6.07, 6.45) is 1.44. The molecular weight excluding hydrogens is 321 g/mol. The second-order valence-corrected chi connectivity index (χ2v) is 6.72. The highest BCUT2D eigenvalue weighted by molar-refractivity contribution is 5.89. The normalized spacial score (nSPS) is 24.8. The third-order valence-corrected chi connectivity index (χ3v) is 5.15. The standard InChI is InChI=1S/C20H20FNO3/c21-16-8-4-7-15-17-9-10-20(25-17,18(15)16)19(24)22-14(12-23)11-13-5-2-1-3-6-13/h1-8,14,17,23H,9-12H2,(H,22,24)/t14-,17-,20+/m0/s1. The highest BCUT2D eigenvalue weighted by Crippen LogP contribution is 2.55. The van der Waals surface area contributed by atoms with Gasteiger partial charge in [-0.25, -0.2) is 4.39 Å². The van der Waals surface area contributed by atoms with E-state index in [1.54, 1.807) is 6.07 Å². The summed E-state index contributed by atoms with van der Waals surface area (Å²) in [5, 5.41) is 12.5. The molecule has 0 radical (unpaired) electrons. The average Bonchev–Trinajstić information content (AvgIpc) is 3.21. The summed E-state index contributed by atoms with van der Waals surface area (Å²) in [6.45, 7) is -0.190.